The van der Waals surface area contributed by atoms with Crippen LogP contribution in [0.1, 0.15) is 21.6 Å². The highest BCUT2D eigenvalue weighted by molar-refractivity contribution is 6.30. The molecule has 0 saturated heterocycles. The van der Waals surface area contributed by atoms with Crippen LogP contribution in [0.25, 0.3) is 5.69 Å². The van der Waals surface area contributed by atoms with Gasteiger partial charge in [-0.25, -0.2) is 0 Å². The number of carbonyl (C=O) groups is 1. The molecule has 18 heavy (non-hydrogen) atoms. The van der Waals surface area contributed by atoms with Gasteiger partial charge in [0.1, 0.15) is 5.82 Å². The number of rotatable bonds is 2. The van der Waals surface area contributed by atoms with Crippen LogP contribution in [0.15, 0.2) is 24.3 Å². The number of aromatic nitrogens is 1. The van der Waals surface area contributed by atoms with Crippen molar-refractivity contribution in [2.24, 2.45) is 5.73 Å². The fraction of sp³-hybridized carbons (Fsp3) is 0.154. The van der Waals surface area contributed by atoms with Gasteiger partial charge in [-0.15, -0.1) is 0 Å². The third-order valence-electron chi connectivity index (χ3n) is 3.08. The monoisotopic (exact) mass is 263 g/mol. The van der Waals surface area contributed by atoms with E-state index in [-0.39, 0.29) is 0 Å². The van der Waals surface area contributed by atoms with E-state index in [9.17, 15) is 4.79 Å². The zero-order valence-corrected chi connectivity index (χ0v) is 11.0. The van der Waals surface area contributed by atoms with Crippen LogP contribution in [0.5, 0.6) is 0 Å². The lowest BCUT2D eigenvalue weighted by Gasteiger charge is -2.09. The topological polar surface area (TPSA) is 74.0 Å². The predicted octanol–water partition coefficient (Wildman–Crippen LogP) is 2.43. The van der Waals surface area contributed by atoms with E-state index >= 15 is 0 Å². The molecule has 0 atom stereocenters. The number of benzene rings is 1. The number of amides is 1. The van der Waals surface area contributed by atoms with Gasteiger partial charge in [0.25, 0.3) is 5.91 Å². The summed E-state index contributed by atoms with van der Waals surface area (Å²) in [4.78, 5) is 11.4. The van der Waals surface area contributed by atoms with Crippen LogP contribution in [-0.2, 0) is 0 Å². The van der Waals surface area contributed by atoms with Gasteiger partial charge in [0, 0.05) is 16.4 Å². The standard InChI is InChI=1S/C13H14ClN3O/c1-7-8(2)17(12(15)11(7)13(16)18)10-5-3-9(14)4-6-10/h3-6H,15H2,1-2H3,(H2,16,18). The summed E-state index contributed by atoms with van der Waals surface area (Å²) >= 11 is 5.85. The minimum absolute atomic E-state index is 0.361. The Balaban J connectivity index is 2.69. The van der Waals surface area contributed by atoms with E-state index in [1.54, 1.807) is 16.7 Å². The molecule has 0 unspecified atom stereocenters. The van der Waals surface area contributed by atoms with Crippen LogP contribution >= 0.6 is 11.6 Å². The maximum Gasteiger partial charge on any atom is 0.252 e. The Kier molecular flexibility index (Phi) is 3.05. The van der Waals surface area contributed by atoms with E-state index in [1.807, 2.05) is 26.0 Å². The summed E-state index contributed by atoms with van der Waals surface area (Å²) < 4.78 is 1.80. The van der Waals surface area contributed by atoms with E-state index in [0.717, 1.165) is 16.9 Å². The predicted molar refractivity (Wildman–Crippen MR) is 73.2 cm³/mol. The Labute approximate surface area is 110 Å². The Morgan fingerprint density at radius 2 is 1.78 bits per heavy atom. The van der Waals surface area contributed by atoms with Crippen molar-refractivity contribution in [1.82, 2.24) is 4.57 Å². The molecule has 1 aromatic carbocycles. The van der Waals surface area contributed by atoms with Gasteiger partial charge in [-0.2, -0.15) is 0 Å². The van der Waals surface area contributed by atoms with Gasteiger partial charge >= 0.3 is 0 Å². The molecule has 0 aliphatic carbocycles. The summed E-state index contributed by atoms with van der Waals surface area (Å²) in [5.41, 5.74) is 14.3. The largest absolute Gasteiger partial charge is 0.384 e. The van der Waals surface area contributed by atoms with Gasteiger partial charge in [-0.05, 0) is 43.7 Å². The first-order valence-electron chi connectivity index (χ1n) is 5.46. The molecular weight excluding hydrogens is 250 g/mol. The fourth-order valence-electron chi connectivity index (χ4n) is 2.07. The van der Waals surface area contributed by atoms with Crippen LogP contribution in [0.3, 0.4) is 0 Å². The molecule has 1 aromatic heterocycles. The van der Waals surface area contributed by atoms with Crippen LogP contribution in [0, 0.1) is 13.8 Å². The molecule has 4 nitrogen and oxygen atoms in total. The Morgan fingerprint density at radius 1 is 1.22 bits per heavy atom. The Morgan fingerprint density at radius 3 is 2.22 bits per heavy atom. The second kappa shape index (κ2) is 4.38. The van der Waals surface area contributed by atoms with Gasteiger partial charge in [-0.3, -0.25) is 4.79 Å². The molecule has 5 heteroatoms. The molecule has 0 aliphatic rings. The van der Waals surface area contributed by atoms with Crippen LogP contribution in [0.4, 0.5) is 5.82 Å². The highest BCUT2D eigenvalue weighted by Crippen LogP contribution is 2.28. The maximum absolute atomic E-state index is 11.4. The minimum atomic E-state index is -0.513. The average Bonchev–Trinajstić information content (AvgIpc) is 2.52. The Bertz CT molecular complexity index is 614. The molecule has 0 aliphatic heterocycles. The highest BCUT2D eigenvalue weighted by Gasteiger charge is 2.19. The fourth-order valence-corrected chi connectivity index (χ4v) is 2.19. The van der Waals surface area contributed by atoms with Crippen molar-refractivity contribution in [3.63, 3.8) is 0 Å². The van der Waals surface area contributed by atoms with Gasteiger partial charge in [0.15, 0.2) is 0 Å². The number of hydrogen-bond donors (Lipinski definition) is 2. The van der Waals surface area contributed by atoms with Crippen molar-refractivity contribution in [3.8, 4) is 5.69 Å². The van der Waals surface area contributed by atoms with Crippen LogP contribution < -0.4 is 11.5 Å². The summed E-state index contributed by atoms with van der Waals surface area (Å²) in [7, 11) is 0. The normalized spacial score (nSPS) is 10.6. The number of nitrogens with two attached hydrogens (primary N) is 2. The quantitative estimate of drug-likeness (QED) is 0.873. The first-order chi connectivity index (χ1) is 8.43. The molecule has 1 heterocycles. The molecule has 94 valence electrons. The van der Waals surface area contributed by atoms with Crippen molar-refractivity contribution in [3.05, 3.63) is 46.1 Å². The molecule has 2 rings (SSSR count). The molecule has 0 fully saturated rings. The number of nitrogens with zero attached hydrogens (tertiary/aromatic N) is 1. The van der Waals surface area contributed by atoms with Gasteiger partial charge in [0.2, 0.25) is 0 Å². The van der Waals surface area contributed by atoms with Crippen molar-refractivity contribution in [2.45, 2.75) is 13.8 Å². The summed E-state index contributed by atoms with van der Waals surface area (Å²) in [5.74, 6) is -0.152. The first-order valence-corrected chi connectivity index (χ1v) is 5.84. The summed E-state index contributed by atoms with van der Waals surface area (Å²) in [6.45, 7) is 3.73. The van der Waals surface area contributed by atoms with Crippen molar-refractivity contribution in [2.75, 3.05) is 5.73 Å². The smallest absolute Gasteiger partial charge is 0.252 e. The molecule has 0 saturated carbocycles. The van der Waals surface area contributed by atoms with Crippen molar-refractivity contribution >= 4 is 23.3 Å². The van der Waals surface area contributed by atoms with Crippen LogP contribution in [-0.4, -0.2) is 10.5 Å². The van der Waals surface area contributed by atoms with Gasteiger partial charge < -0.3 is 16.0 Å². The molecule has 2 aromatic rings. The molecule has 4 N–H and O–H groups in total. The third-order valence-corrected chi connectivity index (χ3v) is 3.33. The summed E-state index contributed by atoms with van der Waals surface area (Å²) in [6, 6.07) is 7.23. The SMILES string of the molecule is Cc1c(C(N)=O)c(N)n(-c2ccc(Cl)cc2)c1C. The van der Waals surface area contributed by atoms with Gasteiger partial charge in [0.05, 0.1) is 5.56 Å². The zero-order valence-electron chi connectivity index (χ0n) is 10.2. The lowest BCUT2D eigenvalue weighted by molar-refractivity contribution is 0.100. The minimum Gasteiger partial charge on any atom is -0.384 e. The highest BCUT2D eigenvalue weighted by atomic mass is 35.5. The third kappa shape index (κ3) is 1.84. The second-order valence-corrected chi connectivity index (χ2v) is 4.58. The van der Waals surface area contributed by atoms with E-state index < -0.39 is 5.91 Å². The van der Waals surface area contributed by atoms with Crippen LogP contribution in [0.2, 0.25) is 5.02 Å². The van der Waals surface area contributed by atoms with E-state index in [1.165, 1.54) is 0 Å². The molecule has 0 spiro atoms. The average molecular weight is 264 g/mol. The number of nitrogen functional groups attached to an aromatic ring is 1. The second-order valence-electron chi connectivity index (χ2n) is 4.15. The summed E-state index contributed by atoms with van der Waals surface area (Å²) in [6.07, 6.45) is 0. The first kappa shape index (κ1) is 12.5. The van der Waals surface area contributed by atoms with E-state index in [4.69, 9.17) is 23.1 Å². The number of halogens is 1. The lowest BCUT2D eigenvalue weighted by Crippen LogP contribution is -2.14. The van der Waals surface area contributed by atoms with E-state index in [2.05, 4.69) is 0 Å². The summed E-state index contributed by atoms with van der Waals surface area (Å²) in [5, 5.41) is 0.647. The number of primary amides is 1. The molecule has 0 bridgehead atoms. The molecule has 0 radical (unpaired) electrons. The molecule has 1 amide bonds. The number of hydrogen-bond acceptors (Lipinski definition) is 2. The molecular formula is C13H14ClN3O. The van der Waals surface area contributed by atoms with Gasteiger partial charge in [-0.1, -0.05) is 11.6 Å². The number of anilines is 1. The van der Waals surface area contributed by atoms with Crippen molar-refractivity contribution < 1.29 is 4.79 Å². The maximum atomic E-state index is 11.4. The zero-order chi connectivity index (χ0) is 13.4. The van der Waals surface area contributed by atoms with E-state index in [0.29, 0.717) is 16.4 Å². The van der Waals surface area contributed by atoms with Crippen molar-refractivity contribution in [1.29, 1.82) is 0 Å². The Hall–Kier alpha value is -1.94. The lowest BCUT2D eigenvalue weighted by atomic mass is 10.1. The number of carbonyl (C=O) groups excluding carboxylic acids is 1.